The summed E-state index contributed by atoms with van der Waals surface area (Å²) in [5.41, 5.74) is 1.43. The van der Waals surface area contributed by atoms with Crippen molar-refractivity contribution in [1.29, 1.82) is 0 Å². The van der Waals surface area contributed by atoms with Crippen LogP contribution >= 0.6 is 23.9 Å². The Hall–Kier alpha value is -0.380. The second-order valence-electron chi connectivity index (χ2n) is 2.77. The molecule has 0 bridgehead atoms. The molecule has 3 heteroatoms. The number of benzene rings is 1. The maximum Gasteiger partial charge on any atom is 0.0468 e. The number of nitrogens with zero attached hydrogens (tertiary/aromatic N) is 1. The predicted molar refractivity (Wildman–Crippen MR) is 60.5 cm³/mol. The van der Waals surface area contributed by atoms with Crippen molar-refractivity contribution in [2.24, 2.45) is 0 Å². The smallest absolute Gasteiger partial charge is 0.0468 e. The topological polar surface area (TPSA) is 3.24 Å². The van der Waals surface area contributed by atoms with Crippen LogP contribution in [0.2, 0.25) is 0 Å². The van der Waals surface area contributed by atoms with Crippen molar-refractivity contribution in [2.45, 2.75) is 11.4 Å². The van der Waals surface area contributed by atoms with Crippen molar-refractivity contribution in [2.75, 3.05) is 5.75 Å². The average molecular weight is 209 g/mol. The van der Waals surface area contributed by atoms with E-state index in [1.165, 1.54) is 10.5 Å². The second kappa shape index (κ2) is 4.22. The highest BCUT2D eigenvalue weighted by Crippen LogP contribution is 2.39. The summed E-state index contributed by atoms with van der Waals surface area (Å²) in [6, 6.07) is 8.56. The molecule has 0 aromatic heterocycles. The molecule has 0 fully saturated rings. The van der Waals surface area contributed by atoms with Gasteiger partial charge in [-0.2, -0.15) is 3.71 Å². The van der Waals surface area contributed by atoms with Crippen LogP contribution in [0.25, 0.3) is 0 Å². The lowest BCUT2D eigenvalue weighted by molar-refractivity contribution is 0.763. The molecule has 0 unspecified atom stereocenters. The van der Waals surface area contributed by atoms with Crippen LogP contribution in [0.5, 0.6) is 0 Å². The molecule has 1 aromatic rings. The third-order valence-electron chi connectivity index (χ3n) is 1.81. The molecule has 0 aliphatic carbocycles. The largest absolute Gasteiger partial charge is 0.185 e. The Morgan fingerprint density at radius 2 is 2.38 bits per heavy atom. The number of hydrogen-bond donors (Lipinski definition) is 0. The average Bonchev–Trinajstić information content (AvgIpc) is 2.57. The molecule has 1 nitrogen and oxygen atoms in total. The van der Waals surface area contributed by atoms with Gasteiger partial charge in [-0.05, 0) is 23.6 Å². The molecule has 0 saturated heterocycles. The van der Waals surface area contributed by atoms with E-state index >= 15 is 0 Å². The molecule has 1 aliphatic rings. The molecule has 68 valence electrons. The minimum atomic E-state index is 0.987. The first-order chi connectivity index (χ1) is 6.40. The van der Waals surface area contributed by atoms with E-state index in [1.54, 1.807) is 0 Å². The summed E-state index contributed by atoms with van der Waals surface area (Å²) in [6.45, 7) is 4.76. The van der Waals surface area contributed by atoms with Crippen LogP contribution in [0.3, 0.4) is 0 Å². The van der Waals surface area contributed by atoms with E-state index in [-0.39, 0.29) is 0 Å². The van der Waals surface area contributed by atoms with Gasteiger partial charge in [-0.3, -0.25) is 0 Å². The van der Waals surface area contributed by atoms with Gasteiger partial charge in [0.15, 0.2) is 0 Å². The molecular weight excluding hydrogens is 198 g/mol. The lowest BCUT2D eigenvalue weighted by Gasteiger charge is -2.09. The van der Waals surface area contributed by atoms with Crippen molar-refractivity contribution in [3.05, 3.63) is 42.5 Å². The van der Waals surface area contributed by atoms with Gasteiger partial charge in [0, 0.05) is 17.2 Å². The number of rotatable bonds is 3. The van der Waals surface area contributed by atoms with Gasteiger partial charge in [-0.25, -0.2) is 0 Å². The molecule has 0 N–H and O–H groups in total. The van der Waals surface area contributed by atoms with Gasteiger partial charge in [-0.15, -0.1) is 6.58 Å². The first kappa shape index (κ1) is 9.19. The zero-order valence-corrected chi connectivity index (χ0v) is 8.90. The van der Waals surface area contributed by atoms with Crippen molar-refractivity contribution in [1.82, 2.24) is 3.71 Å². The fourth-order valence-electron chi connectivity index (χ4n) is 1.21. The Labute approximate surface area is 87.5 Å². The van der Waals surface area contributed by atoms with Gasteiger partial charge in [0.25, 0.3) is 0 Å². The molecule has 0 radical (unpaired) electrons. The number of fused-ring (bicyclic) bond motifs is 1. The van der Waals surface area contributed by atoms with Crippen LogP contribution < -0.4 is 0 Å². The minimum Gasteiger partial charge on any atom is -0.185 e. The first-order valence-corrected chi connectivity index (χ1v) is 5.89. The normalized spacial score (nSPS) is 15.7. The highest BCUT2D eigenvalue weighted by molar-refractivity contribution is 8.12. The van der Waals surface area contributed by atoms with Gasteiger partial charge >= 0.3 is 0 Å². The third-order valence-corrected chi connectivity index (χ3v) is 4.08. The van der Waals surface area contributed by atoms with E-state index in [9.17, 15) is 0 Å². The molecule has 1 aliphatic heterocycles. The van der Waals surface area contributed by atoms with Crippen molar-refractivity contribution in [3.8, 4) is 0 Å². The highest BCUT2D eigenvalue weighted by atomic mass is 32.2. The van der Waals surface area contributed by atoms with Crippen molar-refractivity contribution >= 4 is 23.9 Å². The molecule has 0 spiro atoms. The van der Waals surface area contributed by atoms with Crippen LogP contribution in [-0.4, -0.2) is 9.46 Å². The summed E-state index contributed by atoms with van der Waals surface area (Å²) >= 11 is 3.64. The highest BCUT2D eigenvalue weighted by Gasteiger charge is 2.18. The molecule has 13 heavy (non-hydrogen) atoms. The van der Waals surface area contributed by atoms with E-state index in [2.05, 4.69) is 34.6 Å². The summed E-state index contributed by atoms with van der Waals surface area (Å²) in [4.78, 5) is 1.39. The SMILES string of the molecule is C=CCSN1Cc2ccccc2S1. The Bertz CT molecular complexity index is 287. The van der Waals surface area contributed by atoms with Crippen LogP contribution in [0, 0.1) is 0 Å². The van der Waals surface area contributed by atoms with Crippen molar-refractivity contribution < 1.29 is 0 Å². The Morgan fingerprint density at radius 1 is 1.54 bits per heavy atom. The predicted octanol–water partition coefficient (Wildman–Crippen LogP) is 3.34. The Kier molecular flexibility index (Phi) is 2.98. The van der Waals surface area contributed by atoms with E-state index in [1.807, 2.05) is 30.0 Å². The van der Waals surface area contributed by atoms with E-state index in [4.69, 9.17) is 0 Å². The second-order valence-corrected chi connectivity index (χ2v) is 5.10. The fourth-order valence-corrected chi connectivity index (χ4v) is 3.16. The van der Waals surface area contributed by atoms with Gasteiger partial charge in [0.1, 0.15) is 0 Å². The monoisotopic (exact) mass is 209 g/mol. The maximum absolute atomic E-state index is 3.71. The molecule has 1 aromatic carbocycles. The summed E-state index contributed by atoms with van der Waals surface area (Å²) in [5, 5.41) is 0. The zero-order chi connectivity index (χ0) is 9.10. The van der Waals surface area contributed by atoms with Crippen LogP contribution in [0.4, 0.5) is 0 Å². The Balaban J connectivity index is 2.01. The molecule has 1 heterocycles. The van der Waals surface area contributed by atoms with Gasteiger partial charge < -0.3 is 0 Å². The molecule has 2 rings (SSSR count). The van der Waals surface area contributed by atoms with E-state index in [0.717, 1.165) is 12.3 Å². The lowest BCUT2D eigenvalue weighted by Crippen LogP contribution is -1.98. The molecule has 0 saturated carbocycles. The molecule has 0 atom stereocenters. The summed E-state index contributed by atoms with van der Waals surface area (Å²) < 4.78 is 2.30. The first-order valence-electron chi connectivity index (χ1n) is 4.17. The minimum absolute atomic E-state index is 0.987. The van der Waals surface area contributed by atoms with E-state index < -0.39 is 0 Å². The van der Waals surface area contributed by atoms with Crippen LogP contribution in [-0.2, 0) is 6.54 Å². The van der Waals surface area contributed by atoms with E-state index in [0.29, 0.717) is 0 Å². The standard InChI is InChI=1S/C10H11NS2/c1-2-7-12-11-8-9-5-3-4-6-10(9)13-11/h2-6H,1,7-8H2. The van der Waals surface area contributed by atoms with Crippen LogP contribution in [0.1, 0.15) is 5.56 Å². The van der Waals surface area contributed by atoms with Gasteiger partial charge in [0.2, 0.25) is 0 Å². The van der Waals surface area contributed by atoms with Gasteiger partial charge in [0.05, 0.1) is 0 Å². The summed E-state index contributed by atoms with van der Waals surface area (Å²) in [5.74, 6) is 0.987. The maximum atomic E-state index is 3.71. The quantitative estimate of drug-likeness (QED) is 0.555. The molecular formula is C10H11NS2. The number of hydrogen-bond acceptors (Lipinski definition) is 3. The molecule has 0 amide bonds. The van der Waals surface area contributed by atoms with Gasteiger partial charge in [-0.1, -0.05) is 36.2 Å². The fraction of sp³-hybridized carbons (Fsp3) is 0.200. The lowest BCUT2D eigenvalue weighted by atomic mass is 10.2. The van der Waals surface area contributed by atoms with Crippen molar-refractivity contribution in [3.63, 3.8) is 0 Å². The summed E-state index contributed by atoms with van der Waals surface area (Å²) in [6.07, 6.45) is 1.94. The summed E-state index contributed by atoms with van der Waals surface area (Å²) in [7, 11) is 0. The van der Waals surface area contributed by atoms with Crippen LogP contribution in [0.15, 0.2) is 41.8 Å². The Morgan fingerprint density at radius 3 is 3.15 bits per heavy atom. The third kappa shape index (κ3) is 2.10. The zero-order valence-electron chi connectivity index (χ0n) is 7.27.